The zero-order chi connectivity index (χ0) is 18.5. The summed E-state index contributed by atoms with van der Waals surface area (Å²) in [4.78, 5) is 15.7. The van der Waals surface area contributed by atoms with E-state index in [0.29, 0.717) is 5.92 Å². The van der Waals surface area contributed by atoms with Gasteiger partial charge in [-0.2, -0.15) is 0 Å². The number of isocyanates is 1. The first-order valence-electron chi connectivity index (χ1n) is 9.60. The molecule has 2 nitrogen and oxygen atoms in total. The molecule has 3 aromatic carbocycles. The minimum atomic E-state index is -0.105. The number of aliphatic imine (C=N–C) groups is 1. The van der Waals surface area contributed by atoms with Crippen molar-refractivity contribution >= 4 is 6.08 Å². The average Bonchev–Trinajstić information content (AvgIpc) is 2.75. The third kappa shape index (κ3) is 3.63. The van der Waals surface area contributed by atoms with Crippen molar-refractivity contribution in [1.82, 2.24) is 0 Å². The largest absolute Gasteiger partial charge is 0.235 e. The molecule has 0 saturated heterocycles. The number of benzene rings is 3. The number of hydrogen-bond acceptors (Lipinski definition) is 2. The van der Waals surface area contributed by atoms with Gasteiger partial charge in [-0.15, -0.1) is 0 Å². The molecular weight excluding hydrogens is 330 g/mol. The smallest absolute Gasteiger partial charge is 0.211 e. The second-order valence-electron chi connectivity index (χ2n) is 7.26. The topological polar surface area (TPSA) is 29.4 Å². The Balaban J connectivity index is 1.81. The molecule has 0 heterocycles. The summed E-state index contributed by atoms with van der Waals surface area (Å²) < 4.78 is 0. The zero-order valence-electron chi connectivity index (χ0n) is 15.2. The first kappa shape index (κ1) is 17.5. The van der Waals surface area contributed by atoms with Crippen LogP contribution in [0, 0.1) is 0 Å². The highest BCUT2D eigenvalue weighted by molar-refractivity contribution is 5.40. The summed E-state index contributed by atoms with van der Waals surface area (Å²) in [6.45, 7) is 0. The van der Waals surface area contributed by atoms with Crippen molar-refractivity contribution in [2.45, 2.75) is 36.6 Å². The summed E-state index contributed by atoms with van der Waals surface area (Å²) in [6.07, 6.45) is 3.98. The highest BCUT2D eigenvalue weighted by Gasteiger charge is 2.41. The third-order valence-corrected chi connectivity index (χ3v) is 5.84. The van der Waals surface area contributed by atoms with Gasteiger partial charge in [0, 0.05) is 11.8 Å². The third-order valence-electron chi connectivity index (χ3n) is 5.84. The molecule has 3 aromatic rings. The summed E-state index contributed by atoms with van der Waals surface area (Å²) in [5.41, 5.74) is 3.83. The van der Waals surface area contributed by atoms with Gasteiger partial charge in [0.1, 0.15) is 0 Å². The van der Waals surface area contributed by atoms with Gasteiger partial charge < -0.3 is 0 Å². The highest BCUT2D eigenvalue weighted by Crippen LogP contribution is 2.50. The molecule has 134 valence electrons. The van der Waals surface area contributed by atoms with E-state index in [2.05, 4.69) is 83.9 Å². The van der Waals surface area contributed by atoms with Crippen LogP contribution < -0.4 is 0 Å². The van der Waals surface area contributed by atoms with Crippen LogP contribution in [0.4, 0.5) is 0 Å². The summed E-state index contributed by atoms with van der Waals surface area (Å²) in [5.74, 6) is 0.738. The molecule has 27 heavy (non-hydrogen) atoms. The molecule has 0 N–H and O–H groups in total. The lowest BCUT2D eigenvalue weighted by Crippen LogP contribution is -2.34. The maximum absolute atomic E-state index is 11.4. The van der Waals surface area contributed by atoms with Gasteiger partial charge in [-0.3, -0.25) is 0 Å². The molecule has 1 saturated carbocycles. The van der Waals surface area contributed by atoms with Crippen molar-refractivity contribution in [2.24, 2.45) is 4.99 Å². The van der Waals surface area contributed by atoms with Crippen molar-refractivity contribution in [3.05, 3.63) is 108 Å². The van der Waals surface area contributed by atoms with Crippen LogP contribution >= 0.6 is 0 Å². The molecule has 0 amide bonds. The fraction of sp³-hybridized carbons (Fsp3) is 0.240. The lowest BCUT2D eigenvalue weighted by Gasteiger charge is -2.41. The van der Waals surface area contributed by atoms with Crippen LogP contribution in [0.3, 0.4) is 0 Å². The van der Waals surface area contributed by atoms with Gasteiger partial charge in [0.2, 0.25) is 6.08 Å². The van der Waals surface area contributed by atoms with Crippen molar-refractivity contribution in [3.8, 4) is 0 Å². The second-order valence-corrected chi connectivity index (χ2v) is 7.26. The quantitative estimate of drug-likeness (QED) is 0.428. The van der Waals surface area contributed by atoms with Gasteiger partial charge in [0.25, 0.3) is 0 Å². The molecule has 1 aliphatic rings. The van der Waals surface area contributed by atoms with E-state index < -0.39 is 0 Å². The fourth-order valence-corrected chi connectivity index (χ4v) is 4.67. The van der Waals surface area contributed by atoms with E-state index in [4.69, 9.17) is 0 Å². The normalized spacial score (nSPS) is 24.7. The monoisotopic (exact) mass is 353 g/mol. The van der Waals surface area contributed by atoms with E-state index in [-0.39, 0.29) is 17.9 Å². The van der Waals surface area contributed by atoms with Crippen molar-refractivity contribution in [2.75, 3.05) is 0 Å². The molecular formula is C25H23NO. The minimum absolute atomic E-state index is 0.105. The lowest BCUT2D eigenvalue weighted by molar-refractivity contribution is 0.301. The first-order chi connectivity index (χ1) is 13.4. The molecule has 4 rings (SSSR count). The Morgan fingerprint density at radius 2 is 1.07 bits per heavy atom. The highest BCUT2D eigenvalue weighted by atomic mass is 16.1. The predicted molar refractivity (Wildman–Crippen MR) is 109 cm³/mol. The van der Waals surface area contributed by atoms with Gasteiger partial charge in [-0.1, -0.05) is 91.0 Å². The van der Waals surface area contributed by atoms with E-state index >= 15 is 0 Å². The van der Waals surface area contributed by atoms with Crippen molar-refractivity contribution < 1.29 is 4.79 Å². The average molecular weight is 353 g/mol. The van der Waals surface area contributed by atoms with E-state index in [1.807, 2.05) is 18.2 Å². The van der Waals surface area contributed by atoms with Crippen molar-refractivity contribution in [1.29, 1.82) is 0 Å². The number of rotatable bonds is 4. The van der Waals surface area contributed by atoms with Gasteiger partial charge >= 0.3 is 0 Å². The number of carbonyl (C=O) groups excluding carboxylic acids is 1. The van der Waals surface area contributed by atoms with Crippen LogP contribution in [0.15, 0.2) is 96.0 Å². The molecule has 4 unspecified atom stereocenters. The molecule has 0 radical (unpaired) electrons. The molecule has 0 aromatic heterocycles. The van der Waals surface area contributed by atoms with E-state index in [9.17, 15) is 4.79 Å². The van der Waals surface area contributed by atoms with E-state index in [1.165, 1.54) is 16.7 Å². The summed E-state index contributed by atoms with van der Waals surface area (Å²) in [7, 11) is 0. The Hall–Kier alpha value is -2.96. The molecule has 4 atom stereocenters. The minimum Gasteiger partial charge on any atom is -0.211 e. The maximum atomic E-state index is 11.4. The first-order valence-corrected chi connectivity index (χ1v) is 9.60. The van der Waals surface area contributed by atoms with Crippen LogP contribution in [0.5, 0.6) is 0 Å². The number of nitrogens with zero attached hydrogens (tertiary/aromatic N) is 1. The molecule has 0 spiro atoms. The molecule has 1 fully saturated rings. The predicted octanol–water partition coefficient (Wildman–Crippen LogP) is 5.84. The summed E-state index contributed by atoms with van der Waals surface area (Å²) in [5, 5.41) is 0. The Morgan fingerprint density at radius 3 is 1.59 bits per heavy atom. The Morgan fingerprint density at radius 1 is 0.630 bits per heavy atom. The zero-order valence-corrected chi connectivity index (χ0v) is 15.2. The van der Waals surface area contributed by atoms with Gasteiger partial charge in [-0.05, 0) is 35.4 Å². The second kappa shape index (κ2) is 8.16. The Kier molecular flexibility index (Phi) is 5.27. The summed E-state index contributed by atoms with van der Waals surface area (Å²) >= 11 is 0. The SMILES string of the molecule is O=C=NC1C(c2ccccc2)CCC(c2ccccc2)C1c1ccccc1. The Labute approximate surface area is 160 Å². The van der Waals surface area contributed by atoms with Gasteiger partial charge in [-0.25, -0.2) is 9.79 Å². The van der Waals surface area contributed by atoms with Crippen LogP contribution in [-0.2, 0) is 4.79 Å². The molecule has 0 aliphatic heterocycles. The Bertz CT molecular complexity index is 901. The van der Waals surface area contributed by atoms with Crippen molar-refractivity contribution in [3.63, 3.8) is 0 Å². The maximum Gasteiger partial charge on any atom is 0.235 e. The number of hydrogen-bond donors (Lipinski definition) is 0. The van der Waals surface area contributed by atoms with Gasteiger partial charge in [0.05, 0.1) is 6.04 Å². The summed E-state index contributed by atoms with van der Waals surface area (Å²) in [6, 6.07) is 31.5. The van der Waals surface area contributed by atoms with Gasteiger partial charge in [0.15, 0.2) is 0 Å². The van der Waals surface area contributed by atoms with Crippen LogP contribution in [0.2, 0.25) is 0 Å². The van der Waals surface area contributed by atoms with E-state index in [0.717, 1.165) is 12.8 Å². The molecule has 2 heteroatoms. The van der Waals surface area contributed by atoms with Crippen LogP contribution in [-0.4, -0.2) is 12.1 Å². The fourth-order valence-electron chi connectivity index (χ4n) is 4.67. The van der Waals surface area contributed by atoms with E-state index in [1.54, 1.807) is 0 Å². The molecule has 1 aliphatic carbocycles. The molecule has 0 bridgehead atoms. The standard InChI is InChI=1S/C25H23NO/c27-18-26-25-23(20-12-6-2-7-13-20)17-16-22(19-10-4-1-5-11-19)24(25)21-14-8-3-9-15-21/h1-15,22-25H,16-17H2. The van der Waals surface area contributed by atoms with Crippen LogP contribution in [0.25, 0.3) is 0 Å². The lowest BCUT2D eigenvalue weighted by atomic mass is 9.64. The van der Waals surface area contributed by atoms with Crippen LogP contribution in [0.1, 0.15) is 47.3 Å².